The van der Waals surface area contributed by atoms with E-state index in [-0.39, 0.29) is 16.2 Å². The van der Waals surface area contributed by atoms with Gasteiger partial charge in [-0.2, -0.15) is 0 Å². The summed E-state index contributed by atoms with van der Waals surface area (Å²) in [5.74, 6) is 0.817. The van der Waals surface area contributed by atoms with E-state index >= 15 is 0 Å². The van der Waals surface area contributed by atoms with Crippen molar-refractivity contribution in [3.05, 3.63) is 161 Å². The van der Waals surface area contributed by atoms with E-state index in [4.69, 9.17) is 23.1 Å². The van der Waals surface area contributed by atoms with Crippen molar-refractivity contribution < 1.29 is 28.2 Å². The van der Waals surface area contributed by atoms with Crippen molar-refractivity contribution in [2.45, 2.75) is 143 Å². The molecule has 0 aromatic heterocycles. The van der Waals surface area contributed by atoms with Crippen LogP contribution in [-0.2, 0) is 31.5 Å². The molecule has 0 bridgehead atoms. The molecule has 6 nitrogen and oxygen atoms in total. The number of hydrogen-bond donors (Lipinski definition) is 1. The summed E-state index contributed by atoms with van der Waals surface area (Å²) in [5, 5.41) is 14.6. The average Bonchev–Trinajstić information content (AvgIpc) is 3.25. The van der Waals surface area contributed by atoms with Crippen LogP contribution >= 0.6 is 0 Å². The van der Waals surface area contributed by atoms with E-state index in [1.807, 2.05) is 49.4 Å². The third-order valence-electron chi connectivity index (χ3n) is 12.5. The Labute approximate surface area is 377 Å². The lowest BCUT2D eigenvalue weighted by Crippen LogP contribution is -2.69. The summed E-state index contributed by atoms with van der Waals surface area (Å²) in [4.78, 5) is 0. The minimum atomic E-state index is -3.15. The van der Waals surface area contributed by atoms with Crippen LogP contribution in [0.3, 0.4) is 0 Å². The van der Waals surface area contributed by atoms with Gasteiger partial charge in [0, 0.05) is 0 Å². The molecule has 4 rings (SSSR count). The maximum absolute atomic E-state index is 12.6. The molecule has 336 valence electrons. The molecule has 0 saturated heterocycles. The second kappa shape index (κ2) is 23.2. The Morgan fingerprint density at radius 2 is 1.18 bits per heavy atom. The van der Waals surface area contributed by atoms with E-state index in [2.05, 4.69) is 166 Å². The van der Waals surface area contributed by atoms with Gasteiger partial charge in [-0.15, -0.1) is 0 Å². The predicted molar refractivity (Wildman–Crippen MR) is 264 cm³/mol. The molecule has 62 heavy (non-hydrogen) atoms. The van der Waals surface area contributed by atoms with Crippen LogP contribution in [-0.4, -0.2) is 59.9 Å². The number of methoxy groups -OCH3 is 1. The third-order valence-corrected chi connectivity index (χ3v) is 22.0. The summed E-state index contributed by atoms with van der Waals surface area (Å²) in [6, 6.07) is 39.5. The normalized spacial score (nSPS) is 15.5. The largest absolute Gasteiger partial charge is 0.497 e. The molecular formula is C54H76O6Si2. The molecule has 0 saturated carbocycles. The fourth-order valence-electron chi connectivity index (χ4n) is 7.49. The number of benzene rings is 4. The van der Waals surface area contributed by atoms with Crippen molar-refractivity contribution in [1.82, 2.24) is 0 Å². The first-order valence-electron chi connectivity index (χ1n) is 22.3. The molecule has 0 spiro atoms. The molecule has 4 atom stereocenters. The second-order valence-corrected chi connectivity index (χ2v) is 28.2. The molecule has 0 amide bonds. The summed E-state index contributed by atoms with van der Waals surface area (Å²) < 4.78 is 33.5. The number of aliphatic hydroxyl groups excluding tert-OH is 1. The lowest BCUT2D eigenvalue weighted by molar-refractivity contribution is -0.0898. The summed E-state index contributed by atoms with van der Waals surface area (Å²) >= 11 is 0. The van der Waals surface area contributed by atoms with E-state index in [9.17, 15) is 5.11 Å². The van der Waals surface area contributed by atoms with Crippen LogP contribution in [0.1, 0.15) is 93.2 Å². The molecule has 0 aliphatic rings. The minimum absolute atomic E-state index is 0.0554. The van der Waals surface area contributed by atoms with Crippen molar-refractivity contribution in [1.29, 1.82) is 0 Å². The molecular weight excluding hydrogens is 801 g/mol. The summed E-state index contributed by atoms with van der Waals surface area (Å²) in [5.41, 5.74) is 5.34. The Hall–Kier alpha value is -3.87. The zero-order valence-corrected chi connectivity index (χ0v) is 42.0. The van der Waals surface area contributed by atoms with Crippen molar-refractivity contribution in [2.75, 3.05) is 13.7 Å². The lowest BCUT2D eigenvalue weighted by atomic mass is 9.96. The topological polar surface area (TPSA) is 66.4 Å². The van der Waals surface area contributed by atoms with Gasteiger partial charge in [0.05, 0.1) is 45.2 Å². The molecule has 4 aromatic carbocycles. The van der Waals surface area contributed by atoms with Crippen LogP contribution in [0.5, 0.6) is 5.75 Å². The fourth-order valence-corrected chi connectivity index (χ4v) is 13.6. The fraction of sp³-hybridized carbons (Fsp3) is 0.444. The molecule has 8 heteroatoms. The van der Waals surface area contributed by atoms with E-state index in [1.54, 1.807) is 7.11 Å². The van der Waals surface area contributed by atoms with Gasteiger partial charge in [0.25, 0.3) is 8.32 Å². The minimum Gasteiger partial charge on any atom is -0.497 e. The van der Waals surface area contributed by atoms with Gasteiger partial charge in [0.15, 0.2) is 8.32 Å². The highest BCUT2D eigenvalue weighted by Crippen LogP contribution is 2.41. The summed E-state index contributed by atoms with van der Waals surface area (Å²) in [6.07, 6.45) is 5.23. The van der Waals surface area contributed by atoms with Gasteiger partial charge in [-0.1, -0.05) is 168 Å². The van der Waals surface area contributed by atoms with Gasteiger partial charge in [-0.25, -0.2) is 0 Å². The summed E-state index contributed by atoms with van der Waals surface area (Å²) in [7, 11) is -3.61. The first-order valence-corrected chi connectivity index (χ1v) is 27.1. The predicted octanol–water partition coefficient (Wildman–Crippen LogP) is 12.1. The molecule has 0 radical (unpaired) electrons. The molecule has 0 fully saturated rings. The number of hydrogen-bond acceptors (Lipinski definition) is 6. The zero-order valence-electron chi connectivity index (χ0n) is 40.0. The Kier molecular flexibility index (Phi) is 19.0. The lowest BCUT2D eigenvalue weighted by Gasteiger charge is -2.47. The van der Waals surface area contributed by atoms with E-state index in [1.165, 1.54) is 15.9 Å². The van der Waals surface area contributed by atoms with Gasteiger partial charge < -0.3 is 28.2 Å². The van der Waals surface area contributed by atoms with Crippen LogP contribution in [0, 0.1) is 0 Å². The van der Waals surface area contributed by atoms with Gasteiger partial charge in [-0.05, 0) is 108 Å². The summed E-state index contributed by atoms with van der Waals surface area (Å²) in [6.45, 7) is 28.1. The van der Waals surface area contributed by atoms with Crippen LogP contribution in [0.15, 0.2) is 150 Å². The molecule has 4 aromatic rings. The average molecular weight is 877 g/mol. The van der Waals surface area contributed by atoms with Crippen molar-refractivity contribution in [2.24, 2.45) is 0 Å². The number of rotatable bonds is 22. The quantitative estimate of drug-likeness (QED) is 0.0627. The van der Waals surface area contributed by atoms with Crippen molar-refractivity contribution >= 4 is 27.0 Å². The van der Waals surface area contributed by atoms with Crippen molar-refractivity contribution in [3.63, 3.8) is 0 Å². The molecule has 1 N–H and O–H groups in total. The number of ether oxygens (including phenoxy) is 3. The smallest absolute Gasteiger partial charge is 0.262 e. The molecule has 0 aliphatic carbocycles. The monoisotopic (exact) mass is 877 g/mol. The Morgan fingerprint density at radius 3 is 1.68 bits per heavy atom. The first kappa shape index (κ1) is 50.8. The first-order chi connectivity index (χ1) is 29.3. The van der Waals surface area contributed by atoms with E-state index in [0.29, 0.717) is 32.7 Å². The van der Waals surface area contributed by atoms with Crippen LogP contribution < -0.4 is 15.1 Å². The maximum Gasteiger partial charge on any atom is 0.262 e. The van der Waals surface area contributed by atoms with Gasteiger partial charge in [0.2, 0.25) is 0 Å². The van der Waals surface area contributed by atoms with E-state index < -0.39 is 34.9 Å². The Balaban J connectivity index is 1.83. The third kappa shape index (κ3) is 13.8. The van der Waals surface area contributed by atoms with Crippen LogP contribution in [0.2, 0.25) is 23.2 Å². The molecule has 4 unspecified atom stereocenters. The molecule has 0 aliphatic heterocycles. The highest BCUT2D eigenvalue weighted by Gasteiger charge is 2.53. The maximum atomic E-state index is 12.6. The van der Waals surface area contributed by atoms with Crippen LogP contribution in [0.4, 0.5) is 0 Å². The van der Waals surface area contributed by atoms with Crippen LogP contribution in [0.25, 0.3) is 0 Å². The zero-order chi connectivity index (χ0) is 45.6. The number of aliphatic hydroxyl groups is 1. The highest BCUT2D eigenvalue weighted by atomic mass is 28.4. The Bertz CT molecular complexity index is 1970. The van der Waals surface area contributed by atoms with E-state index in [0.717, 1.165) is 28.0 Å². The van der Waals surface area contributed by atoms with Gasteiger partial charge in [0.1, 0.15) is 11.9 Å². The number of allylic oxidation sites excluding steroid dienone is 1. The van der Waals surface area contributed by atoms with Gasteiger partial charge in [-0.3, -0.25) is 0 Å². The SMILES string of the molecule is C/C=C(/C)C(C/C=C(\C)C(O[Si](c1ccccc1)(c1ccccc1)C(C)(C)C)C(OCc1ccccc1)C(O)C/C=C(/C)COCc1ccc(OC)cc1)O[Si](C)(C)C(C)(C)C. The van der Waals surface area contributed by atoms with Gasteiger partial charge >= 0.3 is 0 Å². The standard InChI is InChI=1S/C54H76O6Si2/c1-14-42(3)50(59-61(12,13)53(5,6)7)37-31-43(4)51(60-62(54(8,9)10,47-26-20-16-21-27-47)48-28-22-17-23-29-48)52(58-40-44-24-18-15-19-25-44)49(55)36-30-41(2)38-57-39-45-32-34-46(56-11)35-33-45/h14-35,49-52,55H,36-40H2,1-13H3/b41-30-,42-14-,43-31+. The Morgan fingerprint density at radius 1 is 0.645 bits per heavy atom. The second-order valence-electron chi connectivity index (χ2n) is 19.2. The van der Waals surface area contributed by atoms with Crippen molar-refractivity contribution in [3.8, 4) is 5.75 Å². The molecule has 0 heterocycles. The highest BCUT2D eigenvalue weighted by molar-refractivity contribution is 6.99.